The van der Waals surface area contributed by atoms with Gasteiger partial charge in [-0.25, -0.2) is 4.98 Å². The summed E-state index contributed by atoms with van der Waals surface area (Å²) in [4.78, 5) is 19.5. The van der Waals surface area contributed by atoms with Crippen molar-refractivity contribution in [3.8, 4) is 11.8 Å². The minimum absolute atomic E-state index is 0.0870. The first kappa shape index (κ1) is 20.7. The Morgan fingerprint density at radius 2 is 1.93 bits per heavy atom. The van der Waals surface area contributed by atoms with Crippen LogP contribution in [0, 0.1) is 11.3 Å². The molecule has 1 fully saturated rings. The molecule has 0 spiro atoms. The van der Waals surface area contributed by atoms with Crippen LogP contribution in [0.5, 0.6) is 5.75 Å². The van der Waals surface area contributed by atoms with Crippen molar-refractivity contribution in [3.05, 3.63) is 52.7 Å². The normalized spacial score (nSPS) is 14.4. The zero-order valence-electron chi connectivity index (χ0n) is 15.1. The standard InChI is InChI=1S/C19H16ClF3N4O2/c20-15-9-14(19(21,22)23)11-25-18(15)27-7-5-26(6-8-27)17(28)12-29-16-4-2-1-3-13(16)10-24/h1-4,9,11H,5-8,12H2. The number of nitriles is 1. The molecule has 0 saturated carbocycles. The van der Waals surface area contributed by atoms with Gasteiger partial charge in [0, 0.05) is 32.4 Å². The quantitative estimate of drug-likeness (QED) is 0.752. The highest BCUT2D eigenvalue weighted by Gasteiger charge is 2.32. The summed E-state index contributed by atoms with van der Waals surface area (Å²) in [6.45, 7) is 1.23. The van der Waals surface area contributed by atoms with E-state index in [0.717, 1.165) is 12.3 Å². The highest BCUT2D eigenvalue weighted by atomic mass is 35.5. The zero-order valence-corrected chi connectivity index (χ0v) is 15.9. The largest absolute Gasteiger partial charge is 0.482 e. The second kappa shape index (κ2) is 8.57. The summed E-state index contributed by atoms with van der Waals surface area (Å²) in [5.74, 6) is 0.345. The summed E-state index contributed by atoms with van der Waals surface area (Å²) < 4.78 is 43.7. The lowest BCUT2D eigenvalue weighted by atomic mass is 10.2. The van der Waals surface area contributed by atoms with Gasteiger partial charge in [-0.1, -0.05) is 23.7 Å². The Labute approximate surface area is 170 Å². The first-order valence-corrected chi connectivity index (χ1v) is 9.05. The highest BCUT2D eigenvalue weighted by Crippen LogP contribution is 2.33. The molecular formula is C19H16ClF3N4O2. The first-order valence-electron chi connectivity index (χ1n) is 8.67. The van der Waals surface area contributed by atoms with Crippen LogP contribution < -0.4 is 9.64 Å². The molecule has 10 heteroatoms. The molecule has 1 aliphatic rings. The maximum absolute atomic E-state index is 12.7. The average molecular weight is 425 g/mol. The summed E-state index contributed by atoms with van der Waals surface area (Å²) in [5.41, 5.74) is -0.567. The van der Waals surface area contributed by atoms with E-state index in [4.69, 9.17) is 21.6 Å². The monoisotopic (exact) mass is 424 g/mol. The Hall–Kier alpha value is -2.99. The molecule has 29 heavy (non-hydrogen) atoms. The summed E-state index contributed by atoms with van der Waals surface area (Å²) in [6.07, 6.45) is -3.76. The van der Waals surface area contributed by atoms with Gasteiger partial charge in [0.2, 0.25) is 0 Å². The Morgan fingerprint density at radius 3 is 2.55 bits per heavy atom. The first-order chi connectivity index (χ1) is 13.8. The average Bonchev–Trinajstić information content (AvgIpc) is 2.71. The fourth-order valence-corrected chi connectivity index (χ4v) is 3.19. The van der Waals surface area contributed by atoms with Crippen LogP contribution in [0.4, 0.5) is 19.0 Å². The molecule has 1 saturated heterocycles. The molecule has 0 bridgehead atoms. The Bertz CT molecular complexity index is 938. The molecule has 1 aromatic carbocycles. The summed E-state index contributed by atoms with van der Waals surface area (Å²) in [6, 6.07) is 9.46. The molecule has 0 N–H and O–H groups in total. The SMILES string of the molecule is N#Cc1ccccc1OCC(=O)N1CCN(c2ncc(C(F)(F)F)cc2Cl)CC1. The van der Waals surface area contributed by atoms with Crippen LogP contribution in [0.2, 0.25) is 5.02 Å². The van der Waals surface area contributed by atoms with Gasteiger partial charge in [0.25, 0.3) is 5.91 Å². The van der Waals surface area contributed by atoms with Crippen LogP contribution in [0.3, 0.4) is 0 Å². The van der Waals surface area contributed by atoms with Crippen LogP contribution >= 0.6 is 11.6 Å². The van der Waals surface area contributed by atoms with E-state index >= 15 is 0 Å². The number of hydrogen-bond acceptors (Lipinski definition) is 5. The van der Waals surface area contributed by atoms with Crippen LogP contribution in [0.15, 0.2) is 36.5 Å². The zero-order chi connectivity index (χ0) is 21.0. The third-order valence-electron chi connectivity index (χ3n) is 4.44. The number of hydrogen-bond donors (Lipinski definition) is 0. The van der Waals surface area contributed by atoms with E-state index < -0.39 is 11.7 Å². The Morgan fingerprint density at radius 1 is 1.24 bits per heavy atom. The van der Waals surface area contributed by atoms with Crippen molar-refractivity contribution in [1.82, 2.24) is 9.88 Å². The number of piperazine rings is 1. The van der Waals surface area contributed by atoms with Gasteiger partial charge in [-0.15, -0.1) is 0 Å². The maximum Gasteiger partial charge on any atom is 0.417 e. The van der Waals surface area contributed by atoms with E-state index in [2.05, 4.69) is 4.98 Å². The van der Waals surface area contributed by atoms with Crippen molar-refractivity contribution < 1.29 is 22.7 Å². The second-order valence-corrected chi connectivity index (χ2v) is 6.70. The van der Waals surface area contributed by atoms with E-state index in [0.29, 0.717) is 37.5 Å². The lowest BCUT2D eigenvalue weighted by Gasteiger charge is -2.35. The fourth-order valence-electron chi connectivity index (χ4n) is 2.90. The predicted octanol–water partition coefficient (Wildman–Crippen LogP) is 3.35. The Balaban J connectivity index is 1.56. The molecule has 0 unspecified atom stereocenters. The minimum atomic E-state index is -4.51. The van der Waals surface area contributed by atoms with Gasteiger partial charge < -0.3 is 14.5 Å². The molecule has 2 heterocycles. The van der Waals surface area contributed by atoms with Gasteiger partial charge >= 0.3 is 6.18 Å². The van der Waals surface area contributed by atoms with E-state index in [9.17, 15) is 18.0 Å². The molecule has 1 amide bonds. The molecule has 1 aromatic heterocycles. The van der Waals surface area contributed by atoms with Crippen LogP contribution in [-0.4, -0.2) is 48.6 Å². The molecular weight excluding hydrogens is 409 g/mol. The van der Waals surface area contributed by atoms with Crippen molar-refractivity contribution in [1.29, 1.82) is 5.26 Å². The third kappa shape index (κ3) is 4.90. The maximum atomic E-state index is 12.7. The molecule has 6 nitrogen and oxygen atoms in total. The number of para-hydroxylation sites is 1. The third-order valence-corrected chi connectivity index (χ3v) is 4.72. The van der Waals surface area contributed by atoms with Gasteiger partial charge in [0.15, 0.2) is 6.61 Å². The van der Waals surface area contributed by atoms with Crippen LogP contribution in [-0.2, 0) is 11.0 Å². The number of nitrogens with zero attached hydrogens (tertiary/aromatic N) is 4. The molecule has 1 aliphatic heterocycles. The number of rotatable bonds is 4. The smallest absolute Gasteiger partial charge is 0.417 e. The highest BCUT2D eigenvalue weighted by molar-refractivity contribution is 6.33. The van der Waals surface area contributed by atoms with Gasteiger partial charge in [-0.2, -0.15) is 18.4 Å². The number of pyridine rings is 1. The number of benzene rings is 1. The number of alkyl halides is 3. The van der Waals surface area contributed by atoms with Gasteiger partial charge in [-0.3, -0.25) is 4.79 Å². The molecule has 152 valence electrons. The molecule has 0 aliphatic carbocycles. The van der Waals surface area contributed by atoms with E-state index in [1.54, 1.807) is 34.1 Å². The van der Waals surface area contributed by atoms with Crippen LogP contribution in [0.1, 0.15) is 11.1 Å². The number of carbonyl (C=O) groups is 1. The lowest BCUT2D eigenvalue weighted by molar-refractivity contribution is -0.138. The van der Waals surface area contributed by atoms with E-state index in [1.165, 1.54) is 0 Å². The van der Waals surface area contributed by atoms with Crippen molar-refractivity contribution in [2.45, 2.75) is 6.18 Å². The Kier molecular flexibility index (Phi) is 6.13. The van der Waals surface area contributed by atoms with Crippen molar-refractivity contribution >= 4 is 23.3 Å². The predicted molar refractivity (Wildman–Crippen MR) is 99.7 cm³/mol. The number of carbonyl (C=O) groups excluding carboxylic acids is 1. The lowest BCUT2D eigenvalue weighted by Crippen LogP contribution is -2.50. The molecule has 2 aromatic rings. The number of anilines is 1. The molecule has 3 rings (SSSR count). The van der Waals surface area contributed by atoms with Gasteiger partial charge in [-0.05, 0) is 18.2 Å². The fraction of sp³-hybridized carbons (Fsp3) is 0.316. The van der Waals surface area contributed by atoms with Crippen molar-refractivity contribution in [2.75, 3.05) is 37.7 Å². The molecule has 0 atom stereocenters. The van der Waals surface area contributed by atoms with Crippen molar-refractivity contribution in [3.63, 3.8) is 0 Å². The number of aromatic nitrogens is 1. The van der Waals surface area contributed by atoms with E-state index in [-0.39, 0.29) is 23.4 Å². The number of amides is 1. The summed E-state index contributed by atoms with van der Waals surface area (Å²) >= 11 is 5.98. The van der Waals surface area contributed by atoms with Crippen LogP contribution in [0.25, 0.3) is 0 Å². The summed E-state index contributed by atoms with van der Waals surface area (Å²) in [5, 5.41) is 8.96. The van der Waals surface area contributed by atoms with Crippen molar-refractivity contribution in [2.24, 2.45) is 0 Å². The summed E-state index contributed by atoms with van der Waals surface area (Å²) in [7, 11) is 0. The number of halogens is 4. The topological polar surface area (TPSA) is 69.5 Å². The molecule has 0 radical (unpaired) electrons. The van der Waals surface area contributed by atoms with Gasteiger partial charge in [0.05, 0.1) is 16.1 Å². The second-order valence-electron chi connectivity index (χ2n) is 6.29. The number of ether oxygens (including phenoxy) is 1. The van der Waals surface area contributed by atoms with Gasteiger partial charge in [0.1, 0.15) is 17.6 Å². The van der Waals surface area contributed by atoms with E-state index in [1.807, 2.05) is 6.07 Å². The minimum Gasteiger partial charge on any atom is -0.482 e.